The minimum absolute atomic E-state index is 0.0449. The largest absolute Gasteiger partial charge is 0.483 e. The number of aryl methyl sites for hydroxylation is 3. The number of nitrogens with one attached hydrogen (secondary N) is 1. The zero-order chi connectivity index (χ0) is 16.1. The van der Waals surface area contributed by atoms with Crippen molar-refractivity contribution in [3.63, 3.8) is 0 Å². The molecule has 5 nitrogen and oxygen atoms in total. The summed E-state index contributed by atoms with van der Waals surface area (Å²) in [6.07, 6.45) is 1.54. The fourth-order valence-corrected chi connectivity index (χ4v) is 2.30. The molecule has 1 aromatic heterocycles. The second-order valence-electron chi connectivity index (χ2n) is 5.15. The summed E-state index contributed by atoms with van der Waals surface area (Å²) in [5, 5.41) is 2.73. The standard InChI is InChI=1S/C17H20N2O3/c1-11-7-12(2)17(13(3)8-11)22-10-15(20)19-14-5-6-16(21-4)18-9-14/h5-9H,10H2,1-4H3,(H,19,20). The van der Waals surface area contributed by atoms with Crippen molar-refractivity contribution in [1.29, 1.82) is 0 Å². The minimum atomic E-state index is -0.230. The number of anilines is 1. The predicted octanol–water partition coefficient (Wildman–Crippen LogP) is 3.03. The Morgan fingerprint density at radius 1 is 1.18 bits per heavy atom. The molecule has 0 saturated heterocycles. The van der Waals surface area contributed by atoms with Gasteiger partial charge in [-0.2, -0.15) is 0 Å². The van der Waals surface area contributed by atoms with Crippen LogP contribution in [-0.4, -0.2) is 24.6 Å². The van der Waals surface area contributed by atoms with Crippen LogP contribution in [0.1, 0.15) is 16.7 Å². The number of rotatable bonds is 5. The van der Waals surface area contributed by atoms with Crippen LogP contribution in [0.15, 0.2) is 30.5 Å². The number of hydrogen-bond acceptors (Lipinski definition) is 4. The highest BCUT2D eigenvalue weighted by Crippen LogP contribution is 2.24. The van der Waals surface area contributed by atoms with E-state index in [-0.39, 0.29) is 12.5 Å². The Labute approximate surface area is 130 Å². The van der Waals surface area contributed by atoms with Gasteiger partial charge in [-0.05, 0) is 38.0 Å². The van der Waals surface area contributed by atoms with Crippen molar-refractivity contribution in [2.75, 3.05) is 19.0 Å². The Kier molecular flexibility index (Phi) is 4.99. The molecule has 1 heterocycles. The molecule has 0 radical (unpaired) electrons. The second-order valence-corrected chi connectivity index (χ2v) is 5.15. The predicted molar refractivity (Wildman–Crippen MR) is 85.6 cm³/mol. The van der Waals surface area contributed by atoms with Crippen LogP contribution >= 0.6 is 0 Å². The van der Waals surface area contributed by atoms with Crippen LogP contribution in [0.5, 0.6) is 11.6 Å². The first kappa shape index (κ1) is 15.8. The van der Waals surface area contributed by atoms with Gasteiger partial charge in [0, 0.05) is 6.07 Å². The van der Waals surface area contributed by atoms with Gasteiger partial charge >= 0.3 is 0 Å². The molecule has 2 rings (SSSR count). The molecule has 1 aromatic carbocycles. The van der Waals surface area contributed by atoms with E-state index in [0.29, 0.717) is 11.6 Å². The molecule has 1 amide bonds. The van der Waals surface area contributed by atoms with Gasteiger partial charge in [0.25, 0.3) is 5.91 Å². The smallest absolute Gasteiger partial charge is 0.262 e. The highest BCUT2D eigenvalue weighted by atomic mass is 16.5. The van der Waals surface area contributed by atoms with Gasteiger partial charge in [-0.1, -0.05) is 17.7 Å². The topological polar surface area (TPSA) is 60.5 Å². The van der Waals surface area contributed by atoms with E-state index >= 15 is 0 Å². The fraction of sp³-hybridized carbons (Fsp3) is 0.294. The SMILES string of the molecule is COc1ccc(NC(=O)COc2c(C)cc(C)cc2C)cn1. The number of nitrogens with zero attached hydrogens (tertiary/aromatic N) is 1. The van der Waals surface area contributed by atoms with Crippen molar-refractivity contribution >= 4 is 11.6 Å². The number of aromatic nitrogens is 1. The zero-order valence-electron chi connectivity index (χ0n) is 13.3. The Morgan fingerprint density at radius 2 is 1.86 bits per heavy atom. The highest BCUT2D eigenvalue weighted by molar-refractivity contribution is 5.91. The van der Waals surface area contributed by atoms with E-state index in [0.717, 1.165) is 16.9 Å². The first-order valence-corrected chi connectivity index (χ1v) is 7.00. The van der Waals surface area contributed by atoms with Crippen LogP contribution in [0.4, 0.5) is 5.69 Å². The number of ether oxygens (including phenoxy) is 2. The number of benzene rings is 1. The van der Waals surface area contributed by atoms with Crippen molar-refractivity contribution in [3.8, 4) is 11.6 Å². The summed E-state index contributed by atoms with van der Waals surface area (Å²) in [7, 11) is 1.54. The number of pyridine rings is 1. The maximum atomic E-state index is 11.9. The van der Waals surface area contributed by atoms with E-state index in [1.165, 1.54) is 5.56 Å². The molecular weight excluding hydrogens is 280 g/mol. The molecule has 0 unspecified atom stereocenters. The lowest BCUT2D eigenvalue weighted by Gasteiger charge is -2.13. The molecule has 5 heteroatoms. The number of carbonyl (C=O) groups excluding carboxylic acids is 1. The quantitative estimate of drug-likeness (QED) is 0.922. The van der Waals surface area contributed by atoms with Gasteiger partial charge in [0.05, 0.1) is 19.0 Å². The summed E-state index contributed by atoms with van der Waals surface area (Å²) in [4.78, 5) is 16.0. The van der Waals surface area contributed by atoms with Gasteiger partial charge in [-0.3, -0.25) is 4.79 Å². The van der Waals surface area contributed by atoms with Crippen LogP contribution in [-0.2, 0) is 4.79 Å². The van der Waals surface area contributed by atoms with Crippen LogP contribution in [0.25, 0.3) is 0 Å². The molecular formula is C17H20N2O3. The van der Waals surface area contributed by atoms with E-state index in [2.05, 4.69) is 10.3 Å². The first-order chi connectivity index (χ1) is 10.5. The fourth-order valence-electron chi connectivity index (χ4n) is 2.30. The van der Waals surface area contributed by atoms with Crippen molar-refractivity contribution in [2.24, 2.45) is 0 Å². The molecule has 22 heavy (non-hydrogen) atoms. The van der Waals surface area contributed by atoms with Crippen molar-refractivity contribution < 1.29 is 14.3 Å². The lowest BCUT2D eigenvalue weighted by Crippen LogP contribution is -2.20. The summed E-state index contributed by atoms with van der Waals surface area (Å²) in [6.45, 7) is 5.94. The average Bonchev–Trinajstić information content (AvgIpc) is 2.47. The molecule has 0 atom stereocenters. The molecule has 0 aliphatic carbocycles. The number of methoxy groups -OCH3 is 1. The third kappa shape index (κ3) is 3.97. The summed E-state index contributed by atoms with van der Waals surface area (Å²) >= 11 is 0. The monoisotopic (exact) mass is 300 g/mol. The van der Waals surface area contributed by atoms with Crippen molar-refractivity contribution in [3.05, 3.63) is 47.2 Å². The molecule has 0 aliphatic rings. The lowest BCUT2D eigenvalue weighted by atomic mass is 10.1. The maximum absolute atomic E-state index is 11.9. The third-order valence-electron chi connectivity index (χ3n) is 3.18. The number of carbonyl (C=O) groups is 1. The molecule has 0 aliphatic heterocycles. The summed E-state index contributed by atoms with van der Waals surface area (Å²) in [5.74, 6) is 1.03. The minimum Gasteiger partial charge on any atom is -0.483 e. The van der Waals surface area contributed by atoms with E-state index in [4.69, 9.17) is 9.47 Å². The normalized spacial score (nSPS) is 10.2. The Hall–Kier alpha value is -2.56. The van der Waals surface area contributed by atoms with Gasteiger partial charge in [0.1, 0.15) is 5.75 Å². The van der Waals surface area contributed by atoms with E-state index in [1.807, 2.05) is 32.9 Å². The lowest BCUT2D eigenvalue weighted by molar-refractivity contribution is -0.118. The van der Waals surface area contributed by atoms with Gasteiger partial charge in [-0.15, -0.1) is 0 Å². The van der Waals surface area contributed by atoms with Crippen molar-refractivity contribution in [2.45, 2.75) is 20.8 Å². The van der Waals surface area contributed by atoms with E-state index in [1.54, 1.807) is 25.4 Å². The molecule has 0 fully saturated rings. The van der Waals surface area contributed by atoms with Crippen molar-refractivity contribution in [1.82, 2.24) is 4.98 Å². The van der Waals surface area contributed by atoms with Gasteiger partial charge in [0.15, 0.2) is 6.61 Å². The summed E-state index contributed by atoms with van der Waals surface area (Å²) < 4.78 is 10.6. The van der Waals surface area contributed by atoms with Gasteiger partial charge < -0.3 is 14.8 Å². The van der Waals surface area contributed by atoms with Crippen LogP contribution < -0.4 is 14.8 Å². The Morgan fingerprint density at radius 3 is 2.41 bits per heavy atom. The molecule has 0 spiro atoms. The number of amides is 1. The van der Waals surface area contributed by atoms with Crippen LogP contribution in [0.3, 0.4) is 0 Å². The number of hydrogen-bond donors (Lipinski definition) is 1. The summed E-state index contributed by atoms with van der Waals surface area (Å²) in [5.41, 5.74) is 3.83. The molecule has 1 N–H and O–H groups in total. The zero-order valence-corrected chi connectivity index (χ0v) is 13.3. The van der Waals surface area contributed by atoms with E-state index < -0.39 is 0 Å². The summed E-state index contributed by atoms with van der Waals surface area (Å²) in [6, 6.07) is 7.48. The molecule has 116 valence electrons. The third-order valence-corrected chi connectivity index (χ3v) is 3.18. The molecule has 2 aromatic rings. The molecule has 0 saturated carbocycles. The molecule has 0 bridgehead atoms. The Balaban J connectivity index is 1.95. The van der Waals surface area contributed by atoms with Crippen LogP contribution in [0, 0.1) is 20.8 Å². The second kappa shape index (κ2) is 6.93. The first-order valence-electron chi connectivity index (χ1n) is 7.00. The Bertz CT molecular complexity index is 643. The van der Waals surface area contributed by atoms with Gasteiger partial charge in [-0.25, -0.2) is 4.98 Å². The van der Waals surface area contributed by atoms with Gasteiger partial charge in [0.2, 0.25) is 5.88 Å². The maximum Gasteiger partial charge on any atom is 0.262 e. The van der Waals surface area contributed by atoms with Crippen LogP contribution in [0.2, 0.25) is 0 Å². The highest BCUT2D eigenvalue weighted by Gasteiger charge is 2.09. The average molecular weight is 300 g/mol. The van der Waals surface area contributed by atoms with E-state index in [9.17, 15) is 4.79 Å².